The van der Waals surface area contributed by atoms with Gasteiger partial charge >= 0.3 is 0 Å². The number of nitrogens with zero attached hydrogens (tertiary/aromatic N) is 2. The summed E-state index contributed by atoms with van der Waals surface area (Å²) in [5, 5.41) is 1.22. The zero-order valence-corrected chi connectivity index (χ0v) is 18.3. The summed E-state index contributed by atoms with van der Waals surface area (Å²) in [6.45, 7) is 2.59. The Bertz CT molecular complexity index is 1240. The number of thiophene rings is 1. The molecule has 4 N–H and O–H groups in total. The fourth-order valence-corrected chi connectivity index (χ4v) is 4.51. The van der Waals surface area contributed by atoms with Crippen LogP contribution in [0.2, 0.25) is 5.02 Å². The third-order valence-electron chi connectivity index (χ3n) is 4.71. The van der Waals surface area contributed by atoms with Gasteiger partial charge in [-0.3, -0.25) is 9.36 Å². The number of hydrogen-bond acceptors (Lipinski definition) is 6. The molecular formula is C22H21ClN4O3S. The maximum atomic E-state index is 12.1. The molecule has 0 aliphatic carbocycles. The number of rotatable bonds is 8. The average Bonchev–Trinajstić information content (AvgIpc) is 3.37. The molecule has 0 fully saturated rings. The number of benzene rings is 2. The van der Waals surface area contributed by atoms with Crippen LogP contribution in [0.3, 0.4) is 0 Å². The van der Waals surface area contributed by atoms with E-state index in [1.807, 2.05) is 47.9 Å². The van der Waals surface area contributed by atoms with E-state index in [-0.39, 0.29) is 0 Å². The molecule has 9 heteroatoms. The monoisotopic (exact) mass is 456 g/mol. The van der Waals surface area contributed by atoms with E-state index in [1.165, 1.54) is 11.3 Å². The number of amides is 1. The van der Waals surface area contributed by atoms with Gasteiger partial charge in [0.2, 0.25) is 0 Å². The van der Waals surface area contributed by atoms with Crippen LogP contribution >= 0.6 is 22.9 Å². The molecule has 31 heavy (non-hydrogen) atoms. The minimum absolute atomic E-state index is 0.325. The minimum atomic E-state index is -0.561. The number of para-hydroxylation sites is 2. The van der Waals surface area contributed by atoms with Crippen molar-refractivity contribution >= 4 is 39.9 Å². The first-order valence-corrected chi connectivity index (χ1v) is 10.8. The summed E-state index contributed by atoms with van der Waals surface area (Å²) < 4.78 is 13.6. The molecule has 0 saturated heterocycles. The fourth-order valence-electron chi connectivity index (χ4n) is 3.25. The molecule has 4 aromatic rings. The summed E-state index contributed by atoms with van der Waals surface area (Å²) in [7, 11) is 0. The number of hydrogen-bond donors (Lipinski definition) is 2. The van der Waals surface area contributed by atoms with Crippen LogP contribution in [0.4, 0.5) is 0 Å². The highest BCUT2D eigenvalue weighted by Crippen LogP contribution is 2.38. The molecule has 160 valence electrons. The van der Waals surface area contributed by atoms with E-state index in [9.17, 15) is 4.79 Å². The van der Waals surface area contributed by atoms with Gasteiger partial charge in [0, 0.05) is 18.2 Å². The summed E-state index contributed by atoms with van der Waals surface area (Å²) in [6, 6.07) is 15.0. The molecular weight excluding hydrogens is 436 g/mol. The second-order valence-electron chi connectivity index (χ2n) is 6.80. The van der Waals surface area contributed by atoms with Gasteiger partial charge in [-0.15, -0.1) is 11.3 Å². The molecule has 7 nitrogen and oxygen atoms in total. The van der Waals surface area contributed by atoms with Gasteiger partial charge in [-0.25, -0.2) is 4.98 Å². The van der Waals surface area contributed by atoms with E-state index < -0.39 is 12.0 Å². The number of carbonyl (C=O) groups excluding carboxylic acids is 1. The molecule has 0 aliphatic rings. The predicted molar refractivity (Wildman–Crippen MR) is 123 cm³/mol. The number of fused-ring (bicyclic) bond motifs is 1. The van der Waals surface area contributed by atoms with Crippen LogP contribution in [0.15, 0.2) is 54.9 Å². The van der Waals surface area contributed by atoms with Gasteiger partial charge in [-0.2, -0.15) is 0 Å². The maximum absolute atomic E-state index is 12.1. The lowest BCUT2D eigenvalue weighted by Crippen LogP contribution is -2.13. The molecule has 0 aliphatic heterocycles. The van der Waals surface area contributed by atoms with Gasteiger partial charge in [0.05, 0.1) is 16.1 Å². The number of carbonyl (C=O) groups is 1. The van der Waals surface area contributed by atoms with Crippen molar-refractivity contribution in [1.29, 1.82) is 0 Å². The van der Waals surface area contributed by atoms with Crippen molar-refractivity contribution in [3.05, 3.63) is 70.3 Å². The van der Waals surface area contributed by atoms with Crippen LogP contribution in [0.1, 0.15) is 28.3 Å². The molecule has 2 heterocycles. The largest absolute Gasteiger partial charge is 0.491 e. The van der Waals surface area contributed by atoms with Gasteiger partial charge < -0.3 is 20.9 Å². The van der Waals surface area contributed by atoms with Crippen molar-refractivity contribution in [2.45, 2.75) is 13.0 Å². The number of imidazole rings is 1. The topological polar surface area (TPSA) is 105 Å². The third kappa shape index (κ3) is 4.23. The third-order valence-corrected chi connectivity index (χ3v) is 6.24. The summed E-state index contributed by atoms with van der Waals surface area (Å²) in [4.78, 5) is 16.8. The maximum Gasteiger partial charge on any atom is 0.262 e. The summed E-state index contributed by atoms with van der Waals surface area (Å²) in [6.07, 6.45) is 1.26. The van der Waals surface area contributed by atoms with Crippen molar-refractivity contribution in [3.8, 4) is 16.5 Å². The lowest BCUT2D eigenvalue weighted by atomic mass is 10.1. The molecule has 1 amide bonds. The van der Waals surface area contributed by atoms with Crippen LogP contribution < -0.4 is 20.9 Å². The minimum Gasteiger partial charge on any atom is -0.491 e. The zero-order chi connectivity index (χ0) is 22.0. The second kappa shape index (κ2) is 8.97. The van der Waals surface area contributed by atoms with E-state index in [2.05, 4.69) is 4.98 Å². The van der Waals surface area contributed by atoms with Crippen LogP contribution in [-0.4, -0.2) is 28.6 Å². The summed E-state index contributed by atoms with van der Waals surface area (Å²) in [5.74, 6) is 0.363. The van der Waals surface area contributed by atoms with E-state index in [1.54, 1.807) is 18.5 Å². The van der Waals surface area contributed by atoms with Crippen LogP contribution in [0, 0.1) is 0 Å². The molecule has 0 unspecified atom stereocenters. The smallest absolute Gasteiger partial charge is 0.262 e. The van der Waals surface area contributed by atoms with Crippen molar-refractivity contribution in [1.82, 2.24) is 9.55 Å². The molecule has 1 atom stereocenters. The molecule has 0 bridgehead atoms. The average molecular weight is 457 g/mol. The van der Waals surface area contributed by atoms with Gasteiger partial charge in [-0.1, -0.05) is 35.9 Å². The van der Waals surface area contributed by atoms with Crippen molar-refractivity contribution < 1.29 is 14.3 Å². The van der Waals surface area contributed by atoms with Crippen LogP contribution in [0.25, 0.3) is 16.0 Å². The van der Waals surface area contributed by atoms with Gasteiger partial charge in [0.1, 0.15) is 40.4 Å². The van der Waals surface area contributed by atoms with E-state index in [0.717, 1.165) is 21.6 Å². The highest BCUT2D eigenvalue weighted by Gasteiger charge is 2.22. The Kier molecular flexibility index (Phi) is 6.13. The number of halogens is 1. The normalized spacial score (nSPS) is 12.1. The van der Waals surface area contributed by atoms with E-state index in [0.29, 0.717) is 34.6 Å². The van der Waals surface area contributed by atoms with E-state index >= 15 is 0 Å². The Hall–Kier alpha value is -3.07. The molecule has 0 saturated carbocycles. The van der Waals surface area contributed by atoms with Gasteiger partial charge in [0.15, 0.2) is 0 Å². The Labute approximate surface area is 188 Å². The fraction of sp³-hybridized carbons (Fsp3) is 0.182. The van der Waals surface area contributed by atoms with Gasteiger partial charge in [-0.05, 0) is 25.1 Å². The molecule has 0 spiro atoms. The van der Waals surface area contributed by atoms with Crippen LogP contribution in [0.5, 0.6) is 11.5 Å². The first-order chi connectivity index (χ1) is 15.0. The van der Waals surface area contributed by atoms with Crippen molar-refractivity contribution in [3.63, 3.8) is 0 Å². The number of aromatic nitrogens is 2. The summed E-state index contributed by atoms with van der Waals surface area (Å²) in [5.41, 5.74) is 13.6. The van der Waals surface area contributed by atoms with Crippen molar-refractivity contribution in [2.24, 2.45) is 11.5 Å². The Morgan fingerprint density at radius 2 is 2.03 bits per heavy atom. The second-order valence-corrected chi connectivity index (χ2v) is 8.21. The lowest BCUT2D eigenvalue weighted by molar-refractivity contribution is 0.0998. The summed E-state index contributed by atoms with van der Waals surface area (Å²) >= 11 is 7.76. The Balaban J connectivity index is 1.67. The molecule has 2 aromatic heterocycles. The van der Waals surface area contributed by atoms with E-state index in [4.69, 9.17) is 32.5 Å². The standard InChI is InChI=1S/C22H21ClN4O3S/c1-13(14-5-4-8-17(20(14)23)29-10-9-24)30-18-11-19(31-21(18)22(25)28)27-12-26-15-6-2-3-7-16(15)27/h2-8,11-13H,9-10,24H2,1H3,(H2,25,28)/t13-/m1/s1. The molecule has 4 rings (SSSR count). The quantitative estimate of drug-likeness (QED) is 0.411. The Morgan fingerprint density at radius 3 is 2.81 bits per heavy atom. The lowest BCUT2D eigenvalue weighted by Gasteiger charge is -2.18. The van der Waals surface area contributed by atoms with Gasteiger partial charge in [0.25, 0.3) is 5.91 Å². The number of ether oxygens (including phenoxy) is 2. The highest BCUT2D eigenvalue weighted by atomic mass is 35.5. The van der Waals surface area contributed by atoms with Crippen molar-refractivity contribution in [2.75, 3.05) is 13.2 Å². The first kappa shape index (κ1) is 21.2. The SMILES string of the molecule is C[C@@H](Oc1cc(-n2cnc3ccccc32)sc1C(N)=O)c1cccc(OCCN)c1Cl. The number of nitrogens with two attached hydrogens (primary N) is 2. The van der Waals surface area contributed by atoms with Crippen LogP contribution in [-0.2, 0) is 0 Å². The predicted octanol–water partition coefficient (Wildman–Crippen LogP) is 4.32. The molecule has 0 radical (unpaired) electrons. The number of primary amides is 1. The Morgan fingerprint density at radius 1 is 1.23 bits per heavy atom. The zero-order valence-electron chi connectivity index (χ0n) is 16.7. The first-order valence-electron chi connectivity index (χ1n) is 9.63. The molecule has 2 aromatic carbocycles. The highest BCUT2D eigenvalue weighted by molar-refractivity contribution is 7.16.